The van der Waals surface area contributed by atoms with Crippen LogP contribution in [0.5, 0.6) is 5.75 Å². The zero-order valence-corrected chi connectivity index (χ0v) is 26.7. The molecule has 11 nitrogen and oxygen atoms in total. The zero-order valence-electron chi connectivity index (χ0n) is 25.7. The lowest BCUT2D eigenvalue weighted by atomic mass is 9.90. The molecule has 0 fully saturated rings. The van der Waals surface area contributed by atoms with E-state index in [1.54, 1.807) is 6.20 Å². The van der Waals surface area contributed by atoms with E-state index in [0.717, 1.165) is 16.7 Å². The van der Waals surface area contributed by atoms with E-state index in [1.807, 2.05) is 49.8 Å². The van der Waals surface area contributed by atoms with Crippen LogP contribution in [-0.4, -0.2) is 65.2 Å². The predicted molar refractivity (Wildman–Crippen MR) is 158 cm³/mol. The molecule has 228 valence electrons. The first kappa shape index (κ1) is 32.6. The molecule has 3 rings (SSSR count). The van der Waals surface area contributed by atoms with Crippen LogP contribution >= 0.6 is 0 Å². The molecule has 1 amide bonds. The molecule has 0 saturated heterocycles. The van der Waals surface area contributed by atoms with E-state index in [4.69, 9.17) is 24.6 Å². The largest absolute Gasteiger partial charge is 0.486 e. The van der Waals surface area contributed by atoms with Crippen LogP contribution in [0.2, 0.25) is 18.1 Å². The third kappa shape index (κ3) is 8.09. The molecular weight excluding hydrogens is 544 g/mol. The van der Waals surface area contributed by atoms with Crippen molar-refractivity contribution in [3.05, 3.63) is 36.2 Å². The molecule has 1 aliphatic rings. The number of aliphatic carboxylic acids is 1. The number of hydrogen-bond acceptors (Lipinski definition) is 8. The van der Waals surface area contributed by atoms with Crippen LogP contribution in [0.25, 0.3) is 11.1 Å². The number of fused-ring (bicyclic) bond motifs is 1. The first-order valence-electron chi connectivity index (χ1n) is 13.9. The van der Waals surface area contributed by atoms with Crippen molar-refractivity contribution in [1.29, 1.82) is 0 Å². The number of carbonyl (C=O) groups is 2. The quantitative estimate of drug-likeness (QED) is 0.260. The second-order valence-corrected chi connectivity index (χ2v) is 18.1. The Hall–Kier alpha value is -2.93. The molecule has 4 N–H and O–H groups in total. The van der Waals surface area contributed by atoms with Gasteiger partial charge >= 0.3 is 12.1 Å². The number of ether oxygens (including phenoxy) is 2. The summed E-state index contributed by atoms with van der Waals surface area (Å²) in [5.41, 5.74) is 0.616. The number of nitrogens with zero attached hydrogens (tertiary/aromatic N) is 2. The smallest absolute Gasteiger partial charge is 0.407 e. The van der Waals surface area contributed by atoms with Crippen LogP contribution in [0.1, 0.15) is 60.5 Å². The van der Waals surface area contributed by atoms with Crippen molar-refractivity contribution in [3.63, 3.8) is 0 Å². The number of carbonyl (C=O) groups excluding carboxylic acids is 1. The maximum Gasteiger partial charge on any atom is 0.407 e. The number of hydrogen-bond donors (Lipinski definition) is 3. The zero-order chi connectivity index (χ0) is 30.8. The predicted octanol–water partition coefficient (Wildman–Crippen LogP) is 4.89. The Morgan fingerprint density at radius 3 is 2.46 bits per heavy atom. The van der Waals surface area contributed by atoms with Crippen LogP contribution in [0.4, 0.5) is 4.79 Å². The molecule has 1 unspecified atom stereocenters. The van der Waals surface area contributed by atoms with Crippen LogP contribution in [-0.2, 0) is 31.8 Å². The molecule has 2 aromatic rings. The molecule has 1 aromatic carbocycles. The first-order chi connectivity index (χ1) is 18.8. The third-order valence-electron chi connectivity index (χ3n) is 7.79. The van der Waals surface area contributed by atoms with Crippen molar-refractivity contribution in [1.82, 2.24) is 15.1 Å². The molecule has 1 aromatic heterocycles. The number of nitrogens with two attached hydrogens (primary N) is 1. The summed E-state index contributed by atoms with van der Waals surface area (Å²) in [6.07, 6.45) is 3.31. The second kappa shape index (κ2) is 12.1. The standard InChI is InChI=1S/C29H46N4O7Si/c1-27(2,3)38-26(36)31-16-22(39-41(8,9)28(4,5)6)18-33-17-21(15-32-33)19-10-12-23-20(14-19)11-13-24(37-23)29(7,40-30)25(34)35/h10,12,14-15,17,22,24H,11,13,16,18,30H2,1-9H3,(H,31,36)(H,34,35)/t22-,24+,29?/m0/s1. The van der Waals surface area contributed by atoms with Crippen molar-refractivity contribution in [2.45, 2.75) is 109 Å². The molecule has 3 atom stereocenters. The van der Waals surface area contributed by atoms with Gasteiger partial charge < -0.3 is 24.3 Å². The van der Waals surface area contributed by atoms with Gasteiger partial charge in [-0.3, -0.25) is 9.52 Å². The minimum atomic E-state index is -2.14. The summed E-state index contributed by atoms with van der Waals surface area (Å²) in [5.74, 6) is 4.74. The number of nitrogens with one attached hydrogen (secondary N) is 1. The highest BCUT2D eigenvalue weighted by Gasteiger charge is 2.46. The lowest BCUT2D eigenvalue weighted by Gasteiger charge is -2.39. The number of aromatic nitrogens is 2. The third-order valence-corrected chi connectivity index (χ3v) is 12.3. The van der Waals surface area contributed by atoms with E-state index in [-0.39, 0.29) is 17.7 Å². The Kier molecular flexibility index (Phi) is 9.63. The number of alkyl carbamates (subject to hydrolysis) is 1. The molecule has 0 spiro atoms. The van der Waals surface area contributed by atoms with Crippen molar-refractivity contribution >= 4 is 20.4 Å². The Morgan fingerprint density at radius 2 is 1.88 bits per heavy atom. The topological polar surface area (TPSA) is 147 Å². The van der Waals surface area contributed by atoms with E-state index in [9.17, 15) is 14.7 Å². The van der Waals surface area contributed by atoms with Gasteiger partial charge in [0.2, 0.25) is 5.60 Å². The van der Waals surface area contributed by atoms with Gasteiger partial charge in [0.05, 0.1) is 18.8 Å². The van der Waals surface area contributed by atoms with E-state index in [1.165, 1.54) is 6.92 Å². The molecule has 0 radical (unpaired) electrons. The van der Waals surface area contributed by atoms with Gasteiger partial charge in [-0.1, -0.05) is 26.8 Å². The highest BCUT2D eigenvalue weighted by molar-refractivity contribution is 6.74. The Balaban J connectivity index is 1.76. The Morgan fingerprint density at radius 1 is 1.20 bits per heavy atom. The average Bonchev–Trinajstić information content (AvgIpc) is 3.32. The molecule has 2 heterocycles. The van der Waals surface area contributed by atoms with E-state index in [0.29, 0.717) is 25.1 Å². The van der Waals surface area contributed by atoms with Gasteiger partial charge in [0.15, 0.2) is 8.32 Å². The summed E-state index contributed by atoms with van der Waals surface area (Å²) < 4.78 is 19.9. The minimum Gasteiger partial charge on any atom is -0.486 e. The van der Waals surface area contributed by atoms with Gasteiger partial charge in [-0.25, -0.2) is 15.5 Å². The fourth-order valence-corrected chi connectivity index (χ4v) is 5.63. The van der Waals surface area contributed by atoms with Gasteiger partial charge in [0.25, 0.3) is 0 Å². The van der Waals surface area contributed by atoms with Gasteiger partial charge in [0.1, 0.15) is 17.5 Å². The summed E-state index contributed by atoms with van der Waals surface area (Å²) in [7, 11) is -2.14. The second-order valence-electron chi connectivity index (χ2n) is 13.3. The monoisotopic (exact) mass is 590 g/mol. The Labute approximate surface area is 243 Å². The molecular formula is C29H46N4O7Si. The molecule has 41 heavy (non-hydrogen) atoms. The summed E-state index contributed by atoms with van der Waals surface area (Å²) in [6, 6.07) is 5.78. The van der Waals surface area contributed by atoms with Crippen molar-refractivity contribution in [3.8, 4) is 16.9 Å². The van der Waals surface area contributed by atoms with Gasteiger partial charge in [-0.15, -0.1) is 0 Å². The van der Waals surface area contributed by atoms with Crippen molar-refractivity contribution in [2.24, 2.45) is 5.90 Å². The first-order valence-corrected chi connectivity index (χ1v) is 16.8. The number of carboxylic acids is 1. The summed E-state index contributed by atoms with van der Waals surface area (Å²) >= 11 is 0. The lowest BCUT2D eigenvalue weighted by molar-refractivity contribution is -0.179. The molecule has 0 bridgehead atoms. The number of rotatable bonds is 10. The minimum absolute atomic E-state index is 0.00512. The normalized spacial score (nSPS) is 18.0. The summed E-state index contributed by atoms with van der Waals surface area (Å²) in [4.78, 5) is 28.9. The fraction of sp³-hybridized carbons (Fsp3) is 0.621. The number of carboxylic acid groups (broad SMARTS) is 1. The van der Waals surface area contributed by atoms with Crippen LogP contribution in [0, 0.1) is 0 Å². The van der Waals surface area contributed by atoms with Crippen LogP contribution < -0.4 is 16.0 Å². The highest BCUT2D eigenvalue weighted by Crippen LogP contribution is 2.38. The highest BCUT2D eigenvalue weighted by atomic mass is 28.4. The number of aryl methyl sites for hydroxylation is 1. The van der Waals surface area contributed by atoms with Gasteiger partial charge in [-0.05, 0) is 81.9 Å². The van der Waals surface area contributed by atoms with Crippen LogP contribution in [0.15, 0.2) is 30.6 Å². The van der Waals surface area contributed by atoms with E-state index < -0.39 is 37.7 Å². The van der Waals surface area contributed by atoms with E-state index in [2.05, 4.69) is 44.3 Å². The molecule has 12 heteroatoms. The molecule has 0 aliphatic carbocycles. The number of benzene rings is 1. The molecule has 1 aliphatic heterocycles. The SMILES string of the molecule is CC(C)(C)OC(=O)NC[C@@H](Cn1cc(-c2ccc3c(c2)CC[C@H](C(C)(ON)C(=O)O)O3)cn1)O[Si](C)(C)C(C)(C)C. The maximum atomic E-state index is 12.4. The Bertz CT molecular complexity index is 1230. The summed E-state index contributed by atoms with van der Waals surface area (Å²) in [6.45, 7) is 18.5. The van der Waals surface area contributed by atoms with Crippen molar-refractivity contribution < 1.29 is 33.4 Å². The van der Waals surface area contributed by atoms with E-state index >= 15 is 0 Å². The molecule has 0 saturated carbocycles. The van der Waals surface area contributed by atoms with Gasteiger partial charge in [0, 0.05) is 18.3 Å². The average molecular weight is 591 g/mol. The van der Waals surface area contributed by atoms with Crippen LogP contribution in [0.3, 0.4) is 0 Å². The summed E-state index contributed by atoms with van der Waals surface area (Å²) in [5, 5.41) is 17.0. The lowest BCUT2D eigenvalue weighted by Crippen LogP contribution is -2.54. The maximum absolute atomic E-state index is 12.4. The van der Waals surface area contributed by atoms with Gasteiger partial charge in [-0.2, -0.15) is 5.10 Å². The van der Waals surface area contributed by atoms with Crippen molar-refractivity contribution in [2.75, 3.05) is 6.54 Å². The number of amides is 1. The fourth-order valence-electron chi connectivity index (χ4n) is 4.29.